The van der Waals surface area contributed by atoms with Gasteiger partial charge in [-0.2, -0.15) is 0 Å². The molecule has 2 aromatic heterocycles. The molecule has 0 radical (unpaired) electrons. The van der Waals surface area contributed by atoms with Gasteiger partial charge in [-0.05, 0) is 125 Å². The molecule has 3 aliphatic rings. The smallest absolute Gasteiger partial charge is 0.229 e. The minimum absolute atomic E-state index is 0.0666. The van der Waals surface area contributed by atoms with Gasteiger partial charge in [0.25, 0.3) is 0 Å². The molecule has 67 heavy (non-hydrogen) atoms. The maximum absolute atomic E-state index is 8.44. The summed E-state index contributed by atoms with van der Waals surface area (Å²) in [4.78, 5) is 13.7. The molecule has 4 heterocycles. The highest BCUT2D eigenvalue weighted by molar-refractivity contribution is 6.11. The van der Waals surface area contributed by atoms with E-state index >= 15 is 0 Å². The third-order valence-electron chi connectivity index (χ3n) is 14.8. The van der Waals surface area contributed by atoms with Crippen molar-refractivity contribution in [2.24, 2.45) is 0 Å². The number of ether oxygens (including phenoxy) is 1. The maximum atomic E-state index is 8.44. The van der Waals surface area contributed by atoms with Gasteiger partial charge in [0.05, 0.1) is 46.8 Å². The van der Waals surface area contributed by atoms with Gasteiger partial charge in [-0.15, -0.1) is 0 Å². The van der Waals surface area contributed by atoms with E-state index < -0.39 is 5.41 Å². The van der Waals surface area contributed by atoms with Crippen LogP contribution >= 0.6 is 0 Å². The van der Waals surface area contributed by atoms with Crippen LogP contribution in [0.1, 0.15) is 128 Å². The number of benzene rings is 6. The molecule has 8 aromatic rings. The normalized spacial score (nSPS) is 14.9. The van der Waals surface area contributed by atoms with Crippen LogP contribution in [0, 0.1) is 6.57 Å². The lowest BCUT2D eigenvalue weighted by Crippen LogP contribution is -2.40. The van der Waals surface area contributed by atoms with E-state index in [1.54, 1.807) is 0 Å². The van der Waals surface area contributed by atoms with E-state index in [0.717, 1.165) is 33.3 Å². The molecule has 0 fully saturated rings. The summed E-state index contributed by atoms with van der Waals surface area (Å²) >= 11 is 0. The largest absolute Gasteiger partial charge is 0.468 e. The monoisotopic (exact) mass is 879 g/mol. The number of anilines is 3. The first-order chi connectivity index (χ1) is 31.6. The van der Waals surface area contributed by atoms with E-state index in [4.69, 9.17) is 16.3 Å². The van der Waals surface area contributed by atoms with Crippen molar-refractivity contribution in [3.8, 4) is 28.4 Å². The molecule has 2 aliphatic heterocycles. The van der Waals surface area contributed by atoms with Crippen LogP contribution in [-0.4, -0.2) is 23.3 Å². The van der Waals surface area contributed by atoms with Crippen molar-refractivity contribution in [1.29, 1.82) is 0 Å². The second-order valence-corrected chi connectivity index (χ2v) is 23.4. The number of nitrogens with zero attached hydrogens (tertiary/aromatic N) is 5. The highest BCUT2D eigenvalue weighted by atomic mass is 16.5. The van der Waals surface area contributed by atoms with Gasteiger partial charge in [-0.25, -0.2) is 9.83 Å². The predicted molar refractivity (Wildman–Crippen MR) is 279 cm³/mol. The van der Waals surface area contributed by atoms with E-state index in [0.29, 0.717) is 23.9 Å². The fourth-order valence-corrected chi connectivity index (χ4v) is 11.5. The standard InChI is InChI=1S/C61H61N5O/c1-57(2,3)36-28-41-42-29-37(58(4,5)6)31-46(60(10,11)12)55(42)61(54(41)45(30-36)59(7,8)9)43-26-25-38(32-51(43)65-35-64(14)49-23-19-21-44(61)56(49)65)67-52-34-50-40(33-47(52)62-13)39-20-15-16-22-48(39)66(50)53-24-17-18-27-63-53/h15-34H,35H2,1-12,14H3. The van der Waals surface area contributed by atoms with Crippen LogP contribution in [0.25, 0.3) is 43.6 Å². The van der Waals surface area contributed by atoms with Crippen molar-refractivity contribution < 1.29 is 4.74 Å². The van der Waals surface area contributed by atoms with Crippen LogP contribution in [0.4, 0.5) is 22.7 Å². The molecule has 336 valence electrons. The first-order valence-corrected chi connectivity index (χ1v) is 23.8. The Bertz CT molecular complexity index is 3350. The van der Waals surface area contributed by atoms with Crippen LogP contribution in [0.3, 0.4) is 0 Å². The van der Waals surface area contributed by atoms with Gasteiger partial charge in [0.15, 0.2) is 0 Å². The van der Waals surface area contributed by atoms with E-state index in [1.165, 1.54) is 67.0 Å². The molecule has 0 unspecified atom stereocenters. The number of pyridine rings is 1. The molecule has 1 spiro atoms. The molecule has 0 saturated carbocycles. The Balaban J connectivity index is 1.23. The van der Waals surface area contributed by atoms with E-state index in [1.807, 2.05) is 36.5 Å². The van der Waals surface area contributed by atoms with Gasteiger partial charge < -0.3 is 14.5 Å². The first kappa shape index (κ1) is 42.8. The summed E-state index contributed by atoms with van der Waals surface area (Å²) in [6, 6.07) is 42.2. The number of aromatic nitrogens is 2. The van der Waals surface area contributed by atoms with E-state index in [2.05, 4.69) is 194 Å². The number of fused-ring (bicyclic) bond motifs is 12. The number of para-hydroxylation sites is 2. The summed E-state index contributed by atoms with van der Waals surface area (Å²) in [6.07, 6.45) is 1.82. The van der Waals surface area contributed by atoms with Gasteiger partial charge in [-0.3, -0.25) is 4.57 Å². The minimum Gasteiger partial charge on any atom is -0.468 e. The lowest BCUT2D eigenvalue weighted by molar-refractivity contribution is 0.485. The summed E-state index contributed by atoms with van der Waals surface area (Å²) in [5.41, 5.74) is 18.3. The van der Waals surface area contributed by atoms with Crippen molar-refractivity contribution >= 4 is 44.6 Å². The topological polar surface area (TPSA) is 37.9 Å². The average molecular weight is 880 g/mol. The highest BCUT2D eigenvalue weighted by Crippen LogP contribution is 2.68. The number of hydrogen-bond donors (Lipinski definition) is 0. The van der Waals surface area contributed by atoms with E-state index in [9.17, 15) is 0 Å². The fourth-order valence-electron chi connectivity index (χ4n) is 11.5. The van der Waals surface area contributed by atoms with Gasteiger partial charge in [0.2, 0.25) is 5.69 Å². The Morgan fingerprint density at radius 2 is 1.24 bits per heavy atom. The van der Waals surface area contributed by atoms with Crippen LogP contribution in [0.5, 0.6) is 11.5 Å². The lowest BCUT2D eigenvalue weighted by atomic mass is 9.59. The zero-order valence-corrected chi connectivity index (χ0v) is 41.4. The molecule has 0 N–H and O–H groups in total. The first-order valence-electron chi connectivity index (χ1n) is 23.8. The quantitative estimate of drug-likeness (QED) is 0.166. The molecule has 11 rings (SSSR count). The van der Waals surface area contributed by atoms with Crippen molar-refractivity contribution in [3.63, 3.8) is 0 Å². The molecule has 0 atom stereocenters. The van der Waals surface area contributed by atoms with Crippen LogP contribution < -0.4 is 14.5 Å². The molecule has 0 saturated heterocycles. The third-order valence-corrected chi connectivity index (χ3v) is 14.8. The predicted octanol–water partition coefficient (Wildman–Crippen LogP) is 15.9. The lowest BCUT2D eigenvalue weighted by Gasteiger charge is -2.46. The maximum Gasteiger partial charge on any atom is 0.229 e. The highest BCUT2D eigenvalue weighted by Gasteiger charge is 2.57. The molecular weight excluding hydrogens is 819 g/mol. The van der Waals surface area contributed by atoms with Gasteiger partial charge in [0.1, 0.15) is 17.3 Å². The Hall–Kier alpha value is -6.84. The summed E-state index contributed by atoms with van der Waals surface area (Å²) in [7, 11) is 2.21. The Kier molecular flexibility index (Phi) is 9.00. The SMILES string of the molecule is [C-]#[N+]c1cc2c3ccccc3n(-c3ccccn3)c2cc1Oc1ccc2c(c1)N1CN(C)c3cccc(c31)C21c2c(cc(C(C)(C)C)cc2C(C)(C)C)-c2cc(C(C)(C)C)cc(C(C)(C)C)c21. The number of hydrogen-bond acceptors (Lipinski definition) is 4. The summed E-state index contributed by atoms with van der Waals surface area (Å²) in [6.45, 7) is 37.6. The second-order valence-electron chi connectivity index (χ2n) is 23.4. The third kappa shape index (κ3) is 6.16. The van der Waals surface area contributed by atoms with Crippen LogP contribution in [0.2, 0.25) is 0 Å². The van der Waals surface area contributed by atoms with Gasteiger partial charge >= 0.3 is 0 Å². The Labute approximate surface area is 396 Å². The fraction of sp³-hybridized carbons (Fsp3) is 0.311. The molecular formula is C61H61N5O. The van der Waals surface area contributed by atoms with Crippen molar-refractivity contribution in [1.82, 2.24) is 9.55 Å². The Morgan fingerprint density at radius 1 is 0.597 bits per heavy atom. The summed E-state index contributed by atoms with van der Waals surface area (Å²) in [5.74, 6) is 2.01. The summed E-state index contributed by atoms with van der Waals surface area (Å²) in [5, 5.41) is 2.06. The van der Waals surface area contributed by atoms with E-state index in [-0.39, 0.29) is 21.7 Å². The zero-order chi connectivity index (χ0) is 47.3. The molecule has 0 bridgehead atoms. The number of rotatable bonds is 3. The minimum atomic E-state index is -0.659. The molecule has 0 amide bonds. The van der Waals surface area contributed by atoms with Gasteiger partial charge in [-0.1, -0.05) is 150 Å². The Morgan fingerprint density at radius 3 is 1.84 bits per heavy atom. The zero-order valence-electron chi connectivity index (χ0n) is 41.4. The average Bonchev–Trinajstić information content (AvgIpc) is 3.89. The van der Waals surface area contributed by atoms with Crippen molar-refractivity contribution in [3.05, 3.63) is 177 Å². The molecule has 6 nitrogen and oxygen atoms in total. The van der Waals surface area contributed by atoms with Crippen LogP contribution in [0.15, 0.2) is 121 Å². The van der Waals surface area contributed by atoms with Crippen LogP contribution in [-0.2, 0) is 27.1 Å². The molecule has 6 heteroatoms. The van der Waals surface area contributed by atoms with Crippen molar-refractivity contribution in [2.75, 3.05) is 23.5 Å². The molecule has 1 aliphatic carbocycles. The second kappa shape index (κ2) is 14.1. The summed E-state index contributed by atoms with van der Waals surface area (Å²) < 4.78 is 9.22. The molecule has 6 aromatic carbocycles. The van der Waals surface area contributed by atoms with Crippen molar-refractivity contribution in [2.45, 2.75) is 110 Å². The van der Waals surface area contributed by atoms with Gasteiger partial charge in [0, 0.05) is 24.7 Å².